The van der Waals surface area contributed by atoms with E-state index in [1.165, 1.54) is 19.3 Å². The largest absolute Gasteiger partial charge is 0.370 e. The van der Waals surface area contributed by atoms with Crippen molar-refractivity contribution in [2.24, 2.45) is 0 Å². The highest BCUT2D eigenvalue weighted by Crippen LogP contribution is 2.23. The van der Waals surface area contributed by atoms with Crippen molar-refractivity contribution in [1.82, 2.24) is 19.7 Å². The van der Waals surface area contributed by atoms with Gasteiger partial charge in [0, 0.05) is 24.8 Å². The molecule has 0 spiro atoms. The van der Waals surface area contributed by atoms with Crippen molar-refractivity contribution in [2.45, 2.75) is 46.1 Å². The number of pyridine rings is 2. The lowest BCUT2D eigenvalue weighted by atomic mass is 10.1. The van der Waals surface area contributed by atoms with E-state index in [4.69, 9.17) is 0 Å². The van der Waals surface area contributed by atoms with Crippen LogP contribution in [0.4, 0.5) is 11.5 Å². The fourth-order valence-corrected chi connectivity index (χ4v) is 3.69. The second-order valence-electron chi connectivity index (χ2n) is 7.63. The summed E-state index contributed by atoms with van der Waals surface area (Å²) in [5, 5.41) is 8.07. The summed E-state index contributed by atoms with van der Waals surface area (Å²) in [5.41, 5.74) is 3.19. The van der Waals surface area contributed by atoms with E-state index >= 15 is 0 Å². The molecule has 0 radical (unpaired) electrons. The standard InChI is InChI=1S/C21H26N6O/c1-14(2)27-20-18(13-23-27)17(11-15(3)24-20)21(28)25-19-8-7-16(12-22-19)26-9-5-4-6-10-26/h7-8,11-14H,4-6,9-10H2,1-3H3,(H,22,25,28). The van der Waals surface area contributed by atoms with Crippen molar-refractivity contribution in [2.75, 3.05) is 23.3 Å². The van der Waals surface area contributed by atoms with E-state index in [0.717, 1.165) is 35.5 Å². The molecule has 0 bridgehead atoms. The van der Waals surface area contributed by atoms with E-state index in [0.29, 0.717) is 11.4 Å². The second kappa shape index (κ2) is 7.58. The molecule has 3 aromatic heterocycles. The van der Waals surface area contributed by atoms with Crippen LogP contribution >= 0.6 is 0 Å². The molecule has 146 valence electrons. The molecular weight excluding hydrogens is 352 g/mol. The Hall–Kier alpha value is -2.96. The van der Waals surface area contributed by atoms with Crippen LogP contribution in [0, 0.1) is 6.92 Å². The molecule has 7 heteroatoms. The van der Waals surface area contributed by atoms with Gasteiger partial charge in [-0.1, -0.05) is 0 Å². The van der Waals surface area contributed by atoms with Crippen molar-refractivity contribution in [3.05, 3.63) is 41.9 Å². The highest BCUT2D eigenvalue weighted by atomic mass is 16.1. The number of piperidine rings is 1. The van der Waals surface area contributed by atoms with E-state index in [1.54, 1.807) is 12.3 Å². The molecule has 4 rings (SSSR count). The highest BCUT2D eigenvalue weighted by molar-refractivity contribution is 6.11. The summed E-state index contributed by atoms with van der Waals surface area (Å²) in [7, 11) is 0. The zero-order chi connectivity index (χ0) is 19.7. The van der Waals surface area contributed by atoms with Gasteiger partial charge in [-0.05, 0) is 58.2 Å². The molecule has 0 unspecified atom stereocenters. The number of nitrogens with one attached hydrogen (secondary N) is 1. The van der Waals surface area contributed by atoms with E-state index in [1.807, 2.05) is 43.8 Å². The average Bonchev–Trinajstić information content (AvgIpc) is 3.12. The lowest BCUT2D eigenvalue weighted by Gasteiger charge is -2.28. The third kappa shape index (κ3) is 3.56. The molecule has 4 heterocycles. The molecule has 28 heavy (non-hydrogen) atoms. The van der Waals surface area contributed by atoms with Gasteiger partial charge < -0.3 is 10.2 Å². The van der Waals surface area contributed by atoms with E-state index in [9.17, 15) is 4.79 Å². The molecule has 1 saturated heterocycles. The maximum atomic E-state index is 12.9. The molecule has 0 atom stereocenters. The first kappa shape index (κ1) is 18.4. The van der Waals surface area contributed by atoms with Crippen LogP contribution in [0.15, 0.2) is 30.6 Å². The second-order valence-corrected chi connectivity index (χ2v) is 7.63. The normalized spacial score (nSPS) is 14.6. The van der Waals surface area contributed by atoms with Crippen LogP contribution < -0.4 is 10.2 Å². The van der Waals surface area contributed by atoms with Gasteiger partial charge in [0.15, 0.2) is 5.65 Å². The Kier molecular flexibility index (Phi) is 4.98. The first-order valence-electron chi connectivity index (χ1n) is 9.90. The quantitative estimate of drug-likeness (QED) is 0.744. The lowest BCUT2D eigenvalue weighted by Crippen LogP contribution is -2.29. The van der Waals surface area contributed by atoms with Gasteiger partial charge in [-0.3, -0.25) is 4.79 Å². The minimum atomic E-state index is -0.197. The van der Waals surface area contributed by atoms with Gasteiger partial charge in [0.25, 0.3) is 5.91 Å². The molecule has 0 aromatic carbocycles. The number of rotatable bonds is 4. The predicted molar refractivity (Wildman–Crippen MR) is 111 cm³/mol. The van der Waals surface area contributed by atoms with Gasteiger partial charge in [0.05, 0.1) is 29.0 Å². The van der Waals surface area contributed by atoms with Crippen molar-refractivity contribution in [1.29, 1.82) is 0 Å². The Morgan fingerprint density at radius 2 is 1.93 bits per heavy atom. The fraction of sp³-hybridized carbons (Fsp3) is 0.429. The summed E-state index contributed by atoms with van der Waals surface area (Å²) in [5.74, 6) is 0.349. The molecule has 7 nitrogen and oxygen atoms in total. The first-order valence-corrected chi connectivity index (χ1v) is 9.90. The van der Waals surface area contributed by atoms with E-state index in [-0.39, 0.29) is 11.9 Å². The summed E-state index contributed by atoms with van der Waals surface area (Å²) in [6.45, 7) is 8.12. The molecule has 0 aliphatic carbocycles. The zero-order valence-corrected chi connectivity index (χ0v) is 16.6. The molecule has 1 N–H and O–H groups in total. The molecule has 1 aliphatic rings. The number of hydrogen-bond donors (Lipinski definition) is 1. The van der Waals surface area contributed by atoms with Crippen LogP contribution in [0.25, 0.3) is 11.0 Å². The summed E-state index contributed by atoms with van der Waals surface area (Å²) in [6, 6.07) is 5.86. The van der Waals surface area contributed by atoms with Gasteiger partial charge >= 0.3 is 0 Å². The Morgan fingerprint density at radius 3 is 2.61 bits per heavy atom. The Labute approximate surface area is 164 Å². The highest BCUT2D eigenvalue weighted by Gasteiger charge is 2.18. The van der Waals surface area contributed by atoms with E-state index < -0.39 is 0 Å². The summed E-state index contributed by atoms with van der Waals surface area (Å²) < 4.78 is 1.84. The van der Waals surface area contributed by atoms with Crippen LogP contribution in [0.2, 0.25) is 0 Å². The van der Waals surface area contributed by atoms with Crippen molar-refractivity contribution >= 4 is 28.4 Å². The number of fused-ring (bicyclic) bond motifs is 1. The molecular formula is C21H26N6O. The maximum absolute atomic E-state index is 12.9. The third-order valence-electron chi connectivity index (χ3n) is 5.14. The summed E-state index contributed by atoms with van der Waals surface area (Å²) in [6.07, 6.45) is 7.29. The SMILES string of the molecule is Cc1cc(C(=O)Nc2ccc(N3CCCCC3)cn2)c2cnn(C(C)C)c2n1. The number of carbonyl (C=O) groups excluding carboxylic acids is 1. The monoisotopic (exact) mass is 378 g/mol. The maximum Gasteiger partial charge on any atom is 0.257 e. The van der Waals surface area contributed by atoms with E-state index in [2.05, 4.69) is 25.3 Å². The van der Waals surface area contributed by atoms with Gasteiger partial charge in [-0.2, -0.15) is 5.10 Å². The Balaban J connectivity index is 1.57. The van der Waals surface area contributed by atoms with Crippen molar-refractivity contribution in [3.63, 3.8) is 0 Å². The first-order chi connectivity index (χ1) is 13.5. The molecule has 1 fully saturated rings. The Morgan fingerprint density at radius 1 is 1.14 bits per heavy atom. The van der Waals surface area contributed by atoms with Gasteiger partial charge in [0.1, 0.15) is 5.82 Å². The van der Waals surface area contributed by atoms with Crippen LogP contribution in [0.5, 0.6) is 0 Å². The minimum absolute atomic E-state index is 0.173. The smallest absolute Gasteiger partial charge is 0.257 e. The predicted octanol–water partition coefficient (Wildman–Crippen LogP) is 3.96. The van der Waals surface area contributed by atoms with Crippen molar-refractivity contribution in [3.8, 4) is 0 Å². The average molecular weight is 378 g/mol. The van der Waals surface area contributed by atoms with Gasteiger partial charge in [-0.15, -0.1) is 0 Å². The Bertz CT molecular complexity index is 986. The van der Waals surface area contributed by atoms with Gasteiger partial charge in [0.2, 0.25) is 0 Å². The minimum Gasteiger partial charge on any atom is -0.370 e. The summed E-state index contributed by atoms with van der Waals surface area (Å²) in [4.78, 5) is 24.3. The number of anilines is 2. The number of hydrogen-bond acceptors (Lipinski definition) is 5. The molecule has 1 amide bonds. The topological polar surface area (TPSA) is 75.9 Å². The molecule has 0 saturated carbocycles. The number of carbonyl (C=O) groups is 1. The number of nitrogens with zero attached hydrogens (tertiary/aromatic N) is 5. The van der Waals surface area contributed by atoms with Crippen LogP contribution in [0.3, 0.4) is 0 Å². The van der Waals surface area contributed by atoms with Crippen molar-refractivity contribution < 1.29 is 4.79 Å². The van der Waals surface area contributed by atoms with Gasteiger partial charge in [-0.25, -0.2) is 14.6 Å². The summed E-state index contributed by atoms with van der Waals surface area (Å²) >= 11 is 0. The fourth-order valence-electron chi connectivity index (χ4n) is 3.69. The van der Waals surface area contributed by atoms with Crippen LogP contribution in [-0.2, 0) is 0 Å². The van der Waals surface area contributed by atoms with Crippen LogP contribution in [0.1, 0.15) is 55.2 Å². The van der Waals surface area contributed by atoms with Crippen LogP contribution in [-0.4, -0.2) is 38.7 Å². The third-order valence-corrected chi connectivity index (χ3v) is 5.14. The number of amides is 1. The zero-order valence-electron chi connectivity index (χ0n) is 16.6. The molecule has 3 aromatic rings. The number of aryl methyl sites for hydroxylation is 1. The molecule has 1 aliphatic heterocycles. The number of aromatic nitrogens is 4. The lowest BCUT2D eigenvalue weighted by molar-refractivity contribution is 0.102.